The number of anilines is 1. The second kappa shape index (κ2) is 5.65. The third-order valence-electron chi connectivity index (χ3n) is 3.51. The highest BCUT2D eigenvalue weighted by Gasteiger charge is 2.38. The predicted octanol–water partition coefficient (Wildman–Crippen LogP) is 0.809. The van der Waals surface area contributed by atoms with E-state index in [-0.39, 0.29) is 31.6 Å². The lowest BCUT2D eigenvalue weighted by Crippen LogP contribution is -2.54. The number of benzene rings is 1. The first-order valence-electron chi connectivity index (χ1n) is 6.35. The quantitative estimate of drug-likeness (QED) is 0.754. The van der Waals surface area contributed by atoms with Gasteiger partial charge in [0.05, 0.1) is 5.69 Å². The Labute approximate surface area is 119 Å². The minimum atomic E-state index is -1.61. The number of hydrogen-bond donors (Lipinski definition) is 3. The SMILES string of the molecule is NC(=O)C1(O)CCN(C(=O)Nc2ccc(F)cc2F)CC1. The molecule has 1 saturated heterocycles. The Morgan fingerprint density at radius 1 is 1.29 bits per heavy atom. The molecule has 0 unspecified atom stereocenters. The molecule has 1 heterocycles. The highest BCUT2D eigenvalue weighted by atomic mass is 19.1. The van der Waals surface area contributed by atoms with E-state index in [1.165, 1.54) is 4.90 Å². The van der Waals surface area contributed by atoms with E-state index in [2.05, 4.69) is 5.32 Å². The third kappa shape index (κ3) is 3.27. The Hall–Kier alpha value is -2.22. The Balaban J connectivity index is 1.98. The van der Waals surface area contributed by atoms with E-state index in [1.807, 2.05) is 0 Å². The number of carbonyl (C=O) groups is 2. The molecule has 0 atom stereocenters. The van der Waals surface area contributed by atoms with Gasteiger partial charge in [-0.2, -0.15) is 0 Å². The fraction of sp³-hybridized carbons (Fsp3) is 0.385. The summed E-state index contributed by atoms with van der Waals surface area (Å²) >= 11 is 0. The van der Waals surface area contributed by atoms with Crippen molar-refractivity contribution in [3.8, 4) is 0 Å². The molecule has 21 heavy (non-hydrogen) atoms. The summed E-state index contributed by atoms with van der Waals surface area (Å²) in [6.45, 7) is 0.210. The molecule has 0 bridgehead atoms. The predicted molar refractivity (Wildman–Crippen MR) is 70.3 cm³/mol. The van der Waals surface area contributed by atoms with Crippen LogP contribution in [0.1, 0.15) is 12.8 Å². The second-order valence-corrected chi connectivity index (χ2v) is 4.94. The van der Waals surface area contributed by atoms with E-state index in [9.17, 15) is 23.5 Å². The number of piperidine rings is 1. The van der Waals surface area contributed by atoms with Crippen molar-refractivity contribution in [3.63, 3.8) is 0 Å². The van der Waals surface area contributed by atoms with Gasteiger partial charge < -0.3 is 21.1 Å². The monoisotopic (exact) mass is 299 g/mol. The van der Waals surface area contributed by atoms with Crippen LogP contribution in [0.3, 0.4) is 0 Å². The van der Waals surface area contributed by atoms with E-state index in [0.717, 1.165) is 12.1 Å². The number of primary amides is 1. The van der Waals surface area contributed by atoms with Crippen LogP contribution in [-0.4, -0.2) is 40.6 Å². The number of rotatable bonds is 2. The van der Waals surface area contributed by atoms with Gasteiger partial charge in [-0.3, -0.25) is 4.79 Å². The molecule has 0 saturated carbocycles. The Morgan fingerprint density at radius 2 is 1.90 bits per heavy atom. The van der Waals surface area contributed by atoms with Crippen molar-refractivity contribution < 1.29 is 23.5 Å². The van der Waals surface area contributed by atoms with Crippen molar-refractivity contribution >= 4 is 17.6 Å². The van der Waals surface area contributed by atoms with Crippen LogP contribution < -0.4 is 11.1 Å². The van der Waals surface area contributed by atoms with Crippen molar-refractivity contribution in [2.24, 2.45) is 5.73 Å². The molecule has 0 radical (unpaired) electrons. The number of nitrogens with two attached hydrogens (primary N) is 1. The third-order valence-corrected chi connectivity index (χ3v) is 3.51. The number of nitrogens with zero attached hydrogens (tertiary/aromatic N) is 1. The van der Waals surface area contributed by atoms with Crippen LogP contribution in [0.25, 0.3) is 0 Å². The fourth-order valence-corrected chi connectivity index (χ4v) is 2.11. The minimum Gasteiger partial charge on any atom is -0.380 e. The van der Waals surface area contributed by atoms with Gasteiger partial charge in [0.2, 0.25) is 5.91 Å². The lowest BCUT2D eigenvalue weighted by molar-refractivity contribution is -0.140. The number of aliphatic hydroxyl groups is 1. The number of carbonyl (C=O) groups excluding carboxylic acids is 2. The van der Waals surface area contributed by atoms with Crippen LogP contribution >= 0.6 is 0 Å². The molecule has 1 aliphatic heterocycles. The molecule has 0 aliphatic carbocycles. The van der Waals surface area contributed by atoms with Crippen molar-refractivity contribution in [3.05, 3.63) is 29.8 Å². The van der Waals surface area contributed by atoms with Crippen molar-refractivity contribution in [1.29, 1.82) is 0 Å². The maximum Gasteiger partial charge on any atom is 0.321 e. The van der Waals surface area contributed by atoms with Gasteiger partial charge in [0, 0.05) is 32.0 Å². The van der Waals surface area contributed by atoms with Gasteiger partial charge in [-0.05, 0) is 12.1 Å². The molecule has 1 aliphatic rings. The van der Waals surface area contributed by atoms with Gasteiger partial charge in [-0.15, -0.1) is 0 Å². The lowest BCUT2D eigenvalue weighted by atomic mass is 9.91. The van der Waals surface area contributed by atoms with E-state index >= 15 is 0 Å². The molecule has 1 aromatic carbocycles. The van der Waals surface area contributed by atoms with Crippen LogP contribution in [0.4, 0.5) is 19.3 Å². The highest BCUT2D eigenvalue weighted by Crippen LogP contribution is 2.23. The zero-order chi connectivity index (χ0) is 15.6. The Kier molecular flexibility index (Phi) is 4.08. The molecule has 1 fully saturated rings. The van der Waals surface area contributed by atoms with E-state index < -0.39 is 29.2 Å². The molecular formula is C13H15F2N3O3. The van der Waals surface area contributed by atoms with Gasteiger partial charge in [0.25, 0.3) is 0 Å². The summed E-state index contributed by atoms with van der Waals surface area (Å²) in [5.74, 6) is -2.45. The topological polar surface area (TPSA) is 95.7 Å². The van der Waals surface area contributed by atoms with Crippen LogP contribution in [0.5, 0.6) is 0 Å². The van der Waals surface area contributed by atoms with Crippen molar-refractivity contribution in [1.82, 2.24) is 4.90 Å². The highest BCUT2D eigenvalue weighted by molar-refractivity contribution is 5.90. The Morgan fingerprint density at radius 3 is 2.43 bits per heavy atom. The summed E-state index contributed by atoms with van der Waals surface area (Å²) in [5.41, 5.74) is 3.33. The molecule has 1 aromatic rings. The fourth-order valence-electron chi connectivity index (χ4n) is 2.11. The molecule has 0 aromatic heterocycles. The zero-order valence-corrected chi connectivity index (χ0v) is 11.1. The average Bonchev–Trinajstić information content (AvgIpc) is 2.42. The summed E-state index contributed by atoms with van der Waals surface area (Å²) in [5, 5.41) is 12.2. The molecule has 2 rings (SSSR count). The number of amides is 3. The smallest absolute Gasteiger partial charge is 0.321 e. The summed E-state index contributed by atoms with van der Waals surface area (Å²) in [7, 11) is 0. The van der Waals surface area contributed by atoms with Crippen molar-refractivity contribution in [2.75, 3.05) is 18.4 Å². The first-order valence-corrected chi connectivity index (χ1v) is 6.35. The van der Waals surface area contributed by atoms with Crippen LogP contribution in [0.15, 0.2) is 18.2 Å². The number of likely N-dealkylation sites (tertiary alicyclic amines) is 1. The van der Waals surface area contributed by atoms with E-state index in [1.54, 1.807) is 0 Å². The molecule has 4 N–H and O–H groups in total. The van der Waals surface area contributed by atoms with Crippen LogP contribution in [0.2, 0.25) is 0 Å². The summed E-state index contributed by atoms with van der Waals surface area (Å²) in [6.07, 6.45) is 0.0311. The molecular weight excluding hydrogens is 284 g/mol. The first kappa shape index (κ1) is 15.2. The summed E-state index contributed by atoms with van der Waals surface area (Å²) in [4.78, 5) is 24.4. The maximum atomic E-state index is 13.4. The summed E-state index contributed by atoms with van der Waals surface area (Å²) in [6, 6.07) is 2.22. The van der Waals surface area contributed by atoms with Crippen molar-refractivity contribution in [2.45, 2.75) is 18.4 Å². The molecule has 114 valence electrons. The number of hydrogen-bond acceptors (Lipinski definition) is 3. The molecule has 3 amide bonds. The first-order chi connectivity index (χ1) is 9.82. The normalized spacial score (nSPS) is 17.4. The van der Waals surface area contributed by atoms with Gasteiger partial charge >= 0.3 is 6.03 Å². The maximum absolute atomic E-state index is 13.4. The molecule has 0 spiro atoms. The molecule has 6 nitrogen and oxygen atoms in total. The van der Waals surface area contributed by atoms with Crippen LogP contribution in [0, 0.1) is 11.6 Å². The Bertz CT molecular complexity index is 572. The number of nitrogens with one attached hydrogen (secondary N) is 1. The second-order valence-electron chi connectivity index (χ2n) is 4.94. The minimum absolute atomic E-state index is 0.0155. The largest absolute Gasteiger partial charge is 0.380 e. The van der Waals surface area contributed by atoms with Gasteiger partial charge in [-0.1, -0.05) is 0 Å². The lowest BCUT2D eigenvalue weighted by Gasteiger charge is -2.35. The number of urea groups is 1. The summed E-state index contributed by atoms with van der Waals surface area (Å²) < 4.78 is 26.2. The average molecular weight is 299 g/mol. The van der Waals surface area contributed by atoms with Crippen LogP contribution in [-0.2, 0) is 4.79 Å². The van der Waals surface area contributed by atoms with Gasteiger partial charge in [0.15, 0.2) is 0 Å². The molecule has 8 heteroatoms. The van der Waals surface area contributed by atoms with Gasteiger partial charge in [0.1, 0.15) is 17.2 Å². The standard InChI is InChI=1S/C13H15F2N3O3/c14-8-1-2-10(9(15)7-8)17-12(20)18-5-3-13(21,4-6-18)11(16)19/h1-2,7,21H,3-6H2,(H2,16,19)(H,17,20). The zero-order valence-electron chi connectivity index (χ0n) is 11.1. The van der Waals surface area contributed by atoms with E-state index in [4.69, 9.17) is 5.73 Å². The van der Waals surface area contributed by atoms with E-state index in [0.29, 0.717) is 6.07 Å². The number of halogens is 2. The van der Waals surface area contributed by atoms with Gasteiger partial charge in [-0.25, -0.2) is 13.6 Å².